The van der Waals surface area contributed by atoms with Gasteiger partial charge in [-0.25, -0.2) is 0 Å². The van der Waals surface area contributed by atoms with Crippen LogP contribution in [0.2, 0.25) is 0 Å². The van der Waals surface area contributed by atoms with Gasteiger partial charge in [-0.3, -0.25) is 0 Å². The Hall–Kier alpha value is -0.120. The summed E-state index contributed by atoms with van der Waals surface area (Å²) >= 11 is 0. The van der Waals surface area contributed by atoms with Gasteiger partial charge in [0.25, 0.3) is 0 Å². The maximum Gasteiger partial charge on any atom is 0.0781 e. The van der Waals surface area contributed by atoms with E-state index in [-0.39, 0.29) is 12.2 Å². The van der Waals surface area contributed by atoms with E-state index in [2.05, 4.69) is 0 Å². The number of rotatable bonds is 5. The SMILES string of the molecule is COC[C@H](C)OC[C@@H](C)O. The molecule has 0 unspecified atom stereocenters. The highest BCUT2D eigenvalue weighted by Crippen LogP contribution is 1.92. The number of hydrogen-bond acceptors (Lipinski definition) is 3. The highest BCUT2D eigenvalue weighted by atomic mass is 16.5. The molecule has 0 fully saturated rings. The van der Waals surface area contributed by atoms with Crippen LogP contribution >= 0.6 is 0 Å². The Morgan fingerprint density at radius 1 is 1.30 bits per heavy atom. The molecular weight excluding hydrogens is 132 g/mol. The third-order valence-electron chi connectivity index (χ3n) is 1.02. The third-order valence-corrected chi connectivity index (χ3v) is 1.02. The van der Waals surface area contributed by atoms with Gasteiger partial charge in [0.05, 0.1) is 25.4 Å². The van der Waals surface area contributed by atoms with E-state index >= 15 is 0 Å². The van der Waals surface area contributed by atoms with Crippen LogP contribution in [0.4, 0.5) is 0 Å². The van der Waals surface area contributed by atoms with E-state index in [0.29, 0.717) is 13.2 Å². The summed E-state index contributed by atoms with van der Waals surface area (Å²) in [7, 11) is 1.63. The van der Waals surface area contributed by atoms with Crippen molar-refractivity contribution in [2.24, 2.45) is 0 Å². The van der Waals surface area contributed by atoms with Crippen molar-refractivity contribution in [3.05, 3.63) is 0 Å². The molecule has 0 rings (SSSR count). The average Bonchev–Trinajstić information content (AvgIpc) is 1.85. The lowest BCUT2D eigenvalue weighted by Gasteiger charge is -2.12. The molecule has 0 bridgehead atoms. The summed E-state index contributed by atoms with van der Waals surface area (Å²) in [5.74, 6) is 0. The summed E-state index contributed by atoms with van der Waals surface area (Å²) in [5.41, 5.74) is 0. The van der Waals surface area contributed by atoms with Crippen LogP contribution in [-0.4, -0.2) is 37.6 Å². The van der Waals surface area contributed by atoms with Gasteiger partial charge in [-0.2, -0.15) is 0 Å². The van der Waals surface area contributed by atoms with Gasteiger partial charge in [0, 0.05) is 7.11 Å². The number of hydrogen-bond donors (Lipinski definition) is 1. The fourth-order valence-corrected chi connectivity index (χ4v) is 0.586. The molecule has 0 spiro atoms. The molecule has 10 heavy (non-hydrogen) atoms. The largest absolute Gasteiger partial charge is 0.391 e. The quantitative estimate of drug-likeness (QED) is 0.614. The smallest absolute Gasteiger partial charge is 0.0781 e. The summed E-state index contributed by atoms with van der Waals surface area (Å²) in [5, 5.41) is 8.80. The lowest BCUT2D eigenvalue weighted by Crippen LogP contribution is -2.20. The van der Waals surface area contributed by atoms with Gasteiger partial charge in [0.15, 0.2) is 0 Å². The Labute approximate surface area is 62.0 Å². The summed E-state index contributed by atoms with van der Waals surface area (Å²) < 4.78 is 10.00. The summed E-state index contributed by atoms with van der Waals surface area (Å²) in [6.45, 7) is 4.56. The van der Waals surface area contributed by atoms with E-state index in [9.17, 15) is 0 Å². The van der Waals surface area contributed by atoms with Crippen LogP contribution in [0.1, 0.15) is 13.8 Å². The normalized spacial score (nSPS) is 16.8. The van der Waals surface area contributed by atoms with Crippen LogP contribution in [-0.2, 0) is 9.47 Å². The molecule has 0 aromatic carbocycles. The van der Waals surface area contributed by atoms with Crippen LogP contribution in [0.5, 0.6) is 0 Å². The second kappa shape index (κ2) is 5.65. The van der Waals surface area contributed by atoms with Crippen LogP contribution in [0.25, 0.3) is 0 Å². The number of methoxy groups -OCH3 is 1. The highest BCUT2D eigenvalue weighted by molar-refractivity contribution is 4.48. The Kier molecular flexibility index (Phi) is 5.58. The van der Waals surface area contributed by atoms with Gasteiger partial charge in [0.2, 0.25) is 0 Å². The molecule has 3 nitrogen and oxygen atoms in total. The van der Waals surface area contributed by atoms with Crippen LogP contribution < -0.4 is 0 Å². The summed E-state index contributed by atoms with van der Waals surface area (Å²) in [6, 6.07) is 0. The van der Waals surface area contributed by atoms with Crippen molar-refractivity contribution in [3.63, 3.8) is 0 Å². The van der Waals surface area contributed by atoms with E-state index in [1.165, 1.54) is 0 Å². The van der Waals surface area contributed by atoms with E-state index in [1.807, 2.05) is 6.92 Å². The molecule has 0 amide bonds. The van der Waals surface area contributed by atoms with Crippen molar-refractivity contribution in [1.29, 1.82) is 0 Å². The fourth-order valence-electron chi connectivity index (χ4n) is 0.586. The zero-order valence-electron chi connectivity index (χ0n) is 6.83. The van der Waals surface area contributed by atoms with Gasteiger partial charge in [0.1, 0.15) is 0 Å². The molecule has 0 saturated heterocycles. The highest BCUT2D eigenvalue weighted by Gasteiger charge is 2.02. The van der Waals surface area contributed by atoms with E-state index < -0.39 is 0 Å². The van der Waals surface area contributed by atoms with Crippen molar-refractivity contribution in [3.8, 4) is 0 Å². The molecule has 3 heteroatoms. The number of aliphatic hydroxyl groups excluding tert-OH is 1. The second-order valence-electron chi connectivity index (χ2n) is 2.45. The predicted octanol–water partition coefficient (Wildman–Crippen LogP) is 0.419. The lowest BCUT2D eigenvalue weighted by atomic mass is 10.4. The van der Waals surface area contributed by atoms with Crippen LogP contribution in [0.3, 0.4) is 0 Å². The zero-order chi connectivity index (χ0) is 7.98. The monoisotopic (exact) mass is 148 g/mol. The third kappa shape index (κ3) is 6.01. The van der Waals surface area contributed by atoms with Gasteiger partial charge < -0.3 is 14.6 Å². The predicted molar refractivity (Wildman–Crippen MR) is 39.0 cm³/mol. The molecule has 0 aromatic rings. The molecule has 0 aromatic heterocycles. The van der Waals surface area contributed by atoms with Gasteiger partial charge in [-0.15, -0.1) is 0 Å². The van der Waals surface area contributed by atoms with Gasteiger partial charge >= 0.3 is 0 Å². The first kappa shape index (κ1) is 9.88. The minimum atomic E-state index is -0.390. The van der Waals surface area contributed by atoms with Crippen LogP contribution in [0, 0.1) is 0 Å². The van der Waals surface area contributed by atoms with Gasteiger partial charge in [-0.05, 0) is 13.8 Å². The molecule has 0 aliphatic rings. The maximum atomic E-state index is 8.80. The Morgan fingerprint density at radius 2 is 1.90 bits per heavy atom. The number of ether oxygens (including phenoxy) is 2. The van der Waals surface area contributed by atoms with Crippen molar-refractivity contribution in [2.75, 3.05) is 20.3 Å². The standard InChI is InChI=1S/C7H16O3/c1-6(8)4-10-7(2)5-9-3/h6-8H,4-5H2,1-3H3/t6-,7+/m1/s1. The molecule has 62 valence electrons. The molecule has 0 radical (unpaired) electrons. The van der Waals surface area contributed by atoms with Crippen molar-refractivity contribution >= 4 is 0 Å². The summed E-state index contributed by atoms with van der Waals surface area (Å²) in [4.78, 5) is 0. The van der Waals surface area contributed by atoms with Gasteiger partial charge in [-0.1, -0.05) is 0 Å². The first-order valence-corrected chi connectivity index (χ1v) is 3.45. The summed E-state index contributed by atoms with van der Waals surface area (Å²) in [6.07, 6.45) is -0.320. The van der Waals surface area contributed by atoms with Crippen LogP contribution in [0.15, 0.2) is 0 Å². The van der Waals surface area contributed by atoms with E-state index in [1.54, 1.807) is 14.0 Å². The molecular formula is C7H16O3. The Morgan fingerprint density at radius 3 is 2.30 bits per heavy atom. The minimum absolute atomic E-state index is 0.0691. The molecule has 0 aliphatic heterocycles. The Balaban J connectivity index is 3.12. The van der Waals surface area contributed by atoms with E-state index in [4.69, 9.17) is 14.6 Å². The first-order valence-electron chi connectivity index (χ1n) is 3.45. The number of aliphatic hydroxyl groups is 1. The first-order chi connectivity index (χ1) is 4.66. The zero-order valence-corrected chi connectivity index (χ0v) is 6.83. The molecule has 0 saturated carbocycles. The second-order valence-corrected chi connectivity index (χ2v) is 2.45. The maximum absolute atomic E-state index is 8.80. The Bertz CT molecular complexity index is 73.3. The minimum Gasteiger partial charge on any atom is -0.391 e. The molecule has 1 N–H and O–H groups in total. The fraction of sp³-hybridized carbons (Fsp3) is 1.00. The lowest BCUT2D eigenvalue weighted by molar-refractivity contribution is -0.0268. The molecule has 0 aliphatic carbocycles. The van der Waals surface area contributed by atoms with Crippen molar-refractivity contribution in [2.45, 2.75) is 26.1 Å². The van der Waals surface area contributed by atoms with Crippen molar-refractivity contribution in [1.82, 2.24) is 0 Å². The average molecular weight is 148 g/mol. The van der Waals surface area contributed by atoms with E-state index in [0.717, 1.165) is 0 Å². The molecule has 0 heterocycles. The van der Waals surface area contributed by atoms with Crippen molar-refractivity contribution < 1.29 is 14.6 Å². The topological polar surface area (TPSA) is 38.7 Å². The molecule has 2 atom stereocenters.